The predicted molar refractivity (Wildman–Crippen MR) is 271 cm³/mol. The summed E-state index contributed by atoms with van der Waals surface area (Å²) in [6, 6.07) is 82.2. The Balaban J connectivity index is 1.22. The summed E-state index contributed by atoms with van der Waals surface area (Å²) >= 11 is 0. The average molecular weight is 859 g/mol. The highest BCUT2D eigenvalue weighted by Crippen LogP contribution is 2.40. The number of hydrogen-bond acceptors (Lipinski definition) is 4. The summed E-state index contributed by atoms with van der Waals surface area (Å²) < 4.78 is 2.21. The fraction of sp³-hybridized carbons (Fsp3) is 0. The van der Waals surface area contributed by atoms with Crippen LogP contribution in [0.25, 0.3) is 77.6 Å². The molecule has 0 unspecified atom stereocenters. The molecule has 0 aliphatic heterocycles. The maximum atomic E-state index is 10.3. The molecule has 0 radical (unpaired) electrons. The molecule has 0 fully saturated rings. The van der Waals surface area contributed by atoms with E-state index in [-0.39, 0.29) is 0 Å². The van der Waals surface area contributed by atoms with Gasteiger partial charge in [-0.05, 0) is 50.6 Å². The fourth-order valence-electron chi connectivity index (χ4n) is 9.43. The second-order valence-corrected chi connectivity index (χ2v) is 20.0. The lowest BCUT2D eigenvalue weighted by Gasteiger charge is -2.34. The van der Waals surface area contributed by atoms with E-state index in [9.17, 15) is 5.26 Å². The van der Waals surface area contributed by atoms with Crippen LogP contribution in [0.1, 0.15) is 5.56 Å². The first kappa shape index (κ1) is 39.8. The van der Waals surface area contributed by atoms with Crippen LogP contribution in [0.2, 0.25) is 0 Å². The van der Waals surface area contributed by atoms with Gasteiger partial charge in [0.2, 0.25) is 0 Å². The standard InChI is InChI=1S/C59H38N6Si/c1-61-46-32-35-53-52-33-30-41(40-60)36-54(52)65(56(53)39-46)55-38-45(59-63-57(42-18-7-2-8-19-42)62-58(64-59)43-20-9-3-10-21-43)31-34-51(55)44-22-17-29-50(37-44)66(47-23-11-4-12-24-47,48-25-13-5-14-26-48)49-27-15-6-16-28-49/h2-39H. The van der Waals surface area contributed by atoms with Crippen molar-refractivity contribution in [2.24, 2.45) is 0 Å². The molecule has 0 atom stereocenters. The van der Waals surface area contributed by atoms with Crippen LogP contribution in [0, 0.1) is 17.9 Å². The lowest BCUT2D eigenvalue weighted by atomic mass is 10.0. The SMILES string of the molecule is [C-]#[N+]c1ccc2c3ccc(C#N)cc3n(-c3cc(-c4nc(-c5ccccc5)nc(-c5ccccc5)n4)ccc3-c3cccc([Si](c4ccccc4)(c4ccccc4)c4ccccc4)c3)c2c1. The van der Waals surface area contributed by atoms with E-state index in [1.807, 2.05) is 97.1 Å². The summed E-state index contributed by atoms with van der Waals surface area (Å²) in [5.74, 6) is 1.66. The van der Waals surface area contributed by atoms with Gasteiger partial charge in [-0.2, -0.15) is 5.26 Å². The van der Waals surface area contributed by atoms with Gasteiger partial charge in [0, 0.05) is 38.5 Å². The Morgan fingerprint density at radius 2 is 0.894 bits per heavy atom. The van der Waals surface area contributed by atoms with Crippen LogP contribution in [0.15, 0.2) is 231 Å². The van der Waals surface area contributed by atoms with Crippen LogP contribution in [0.3, 0.4) is 0 Å². The van der Waals surface area contributed by atoms with E-state index in [0.717, 1.165) is 55.3 Å². The van der Waals surface area contributed by atoms with Crippen molar-refractivity contribution in [3.63, 3.8) is 0 Å². The Hall–Kier alpha value is -9.01. The van der Waals surface area contributed by atoms with E-state index in [1.165, 1.54) is 20.7 Å². The molecule has 11 aromatic rings. The minimum Gasteiger partial charge on any atom is -0.310 e. The number of rotatable bonds is 9. The van der Waals surface area contributed by atoms with Gasteiger partial charge in [0.1, 0.15) is 0 Å². The van der Waals surface area contributed by atoms with Gasteiger partial charge in [-0.25, -0.2) is 19.8 Å². The third-order valence-electron chi connectivity index (χ3n) is 12.4. The lowest BCUT2D eigenvalue weighted by molar-refractivity contribution is 1.07. The number of fused-ring (bicyclic) bond motifs is 3. The second kappa shape index (κ2) is 16.9. The molecule has 11 rings (SSSR count). The molecule has 2 heterocycles. The lowest BCUT2D eigenvalue weighted by Crippen LogP contribution is -2.74. The van der Waals surface area contributed by atoms with Crippen LogP contribution in [0.4, 0.5) is 5.69 Å². The van der Waals surface area contributed by atoms with Crippen molar-refractivity contribution < 1.29 is 0 Å². The molecular weight excluding hydrogens is 821 g/mol. The maximum Gasteiger partial charge on any atom is 0.189 e. The number of hydrogen-bond donors (Lipinski definition) is 0. The number of nitrogens with zero attached hydrogens (tertiary/aromatic N) is 6. The summed E-state index contributed by atoms with van der Waals surface area (Å²) in [6.45, 7) is 8.05. The molecule has 0 saturated heterocycles. The first-order chi connectivity index (χ1) is 32.6. The molecule has 0 amide bonds. The summed E-state index contributed by atoms with van der Waals surface area (Å²) in [5.41, 5.74) is 8.17. The molecule has 66 heavy (non-hydrogen) atoms. The van der Waals surface area contributed by atoms with E-state index in [1.54, 1.807) is 0 Å². The van der Waals surface area contributed by atoms with Crippen LogP contribution in [0.5, 0.6) is 0 Å². The first-order valence-corrected chi connectivity index (χ1v) is 23.8. The van der Waals surface area contributed by atoms with Gasteiger partial charge in [0.05, 0.1) is 29.4 Å². The van der Waals surface area contributed by atoms with Crippen LogP contribution in [-0.4, -0.2) is 27.6 Å². The number of aromatic nitrogens is 4. The maximum absolute atomic E-state index is 10.3. The first-order valence-electron chi connectivity index (χ1n) is 21.8. The second-order valence-electron chi connectivity index (χ2n) is 16.2. The highest BCUT2D eigenvalue weighted by molar-refractivity contribution is 7.19. The molecule has 0 N–H and O–H groups in total. The summed E-state index contributed by atoms with van der Waals surface area (Å²) in [7, 11) is -2.90. The van der Waals surface area contributed by atoms with Crippen molar-refractivity contribution >= 4 is 56.3 Å². The fourth-order valence-corrected chi connectivity index (χ4v) is 14.2. The molecule has 0 saturated carbocycles. The van der Waals surface area contributed by atoms with Crippen LogP contribution >= 0.6 is 0 Å². The van der Waals surface area contributed by atoms with E-state index in [4.69, 9.17) is 21.5 Å². The monoisotopic (exact) mass is 858 g/mol. The zero-order valence-electron chi connectivity index (χ0n) is 35.6. The molecule has 9 aromatic carbocycles. The van der Waals surface area contributed by atoms with Gasteiger partial charge < -0.3 is 4.57 Å². The molecule has 7 heteroatoms. The molecular formula is C59H38N6Si. The molecule has 0 aliphatic carbocycles. The third kappa shape index (κ3) is 6.94. The van der Waals surface area contributed by atoms with Crippen LogP contribution < -0.4 is 20.7 Å². The van der Waals surface area contributed by atoms with Crippen molar-refractivity contribution in [3.05, 3.63) is 248 Å². The average Bonchev–Trinajstić information content (AvgIpc) is 3.72. The van der Waals surface area contributed by atoms with Gasteiger partial charge in [0.15, 0.2) is 31.2 Å². The Bertz CT molecular complexity index is 3430. The Kier molecular flexibility index (Phi) is 10.2. The molecule has 0 aliphatic rings. The third-order valence-corrected chi connectivity index (χ3v) is 17.2. The molecule has 308 valence electrons. The zero-order valence-corrected chi connectivity index (χ0v) is 36.6. The molecule has 0 bridgehead atoms. The van der Waals surface area contributed by atoms with Crippen LogP contribution in [-0.2, 0) is 0 Å². The van der Waals surface area contributed by atoms with Crippen molar-refractivity contribution in [2.75, 3.05) is 0 Å². The predicted octanol–water partition coefficient (Wildman–Crippen LogP) is 11.4. The van der Waals surface area contributed by atoms with E-state index in [0.29, 0.717) is 28.7 Å². The van der Waals surface area contributed by atoms with Crippen molar-refractivity contribution in [1.82, 2.24) is 19.5 Å². The summed E-state index contributed by atoms with van der Waals surface area (Å²) in [5, 5.41) is 17.3. The summed E-state index contributed by atoms with van der Waals surface area (Å²) in [6.07, 6.45) is 0. The van der Waals surface area contributed by atoms with E-state index in [2.05, 4.69) is 149 Å². The highest BCUT2D eigenvalue weighted by Gasteiger charge is 2.41. The number of benzene rings is 9. The van der Waals surface area contributed by atoms with Crippen molar-refractivity contribution in [3.8, 4) is 57.0 Å². The van der Waals surface area contributed by atoms with E-state index >= 15 is 0 Å². The van der Waals surface area contributed by atoms with Gasteiger partial charge in [-0.3, -0.25) is 0 Å². The van der Waals surface area contributed by atoms with Crippen molar-refractivity contribution in [1.29, 1.82) is 5.26 Å². The van der Waals surface area contributed by atoms with Gasteiger partial charge in [-0.1, -0.05) is 206 Å². The largest absolute Gasteiger partial charge is 0.310 e. The van der Waals surface area contributed by atoms with Gasteiger partial charge >= 0.3 is 0 Å². The highest BCUT2D eigenvalue weighted by atomic mass is 28.3. The Morgan fingerprint density at radius 3 is 1.42 bits per heavy atom. The summed E-state index contributed by atoms with van der Waals surface area (Å²) in [4.78, 5) is 19.1. The smallest absolute Gasteiger partial charge is 0.189 e. The molecule has 6 nitrogen and oxygen atoms in total. The van der Waals surface area contributed by atoms with Gasteiger partial charge in [-0.15, -0.1) is 0 Å². The normalized spacial score (nSPS) is 11.3. The Morgan fingerprint density at radius 1 is 0.424 bits per heavy atom. The van der Waals surface area contributed by atoms with Crippen molar-refractivity contribution in [2.45, 2.75) is 0 Å². The topological polar surface area (TPSA) is 71.8 Å². The molecule has 2 aromatic heterocycles. The minimum absolute atomic E-state index is 0.522. The molecule has 0 spiro atoms. The Labute approximate surface area is 383 Å². The van der Waals surface area contributed by atoms with Gasteiger partial charge in [0.25, 0.3) is 0 Å². The minimum atomic E-state index is -2.90. The number of nitriles is 1. The van der Waals surface area contributed by atoms with E-state index < -0.39 is 8.07 Å². The quantitative estimate of drug-likeness (QED) is 0.0823. The zero-order chi connectivity index (χ0) is 44.5.